The smallest absolute Gasteiger partial charge is 0.239 e. The number of nitrogens with one attached hydrogen (secondary N) is 2. The van der Waals surface area contributed by atoms with Gasteiger partial charge in [-0.25, -0.2) is 0 Å². The van der Waals surface area contributed by atoms with E-state index in [1.165, 1.54) is 0 Å². The Kier molecular flexibility index (Phi) is 8.54. The van der Waals surface area contributed by atoms with Gasteiger partial charge in [0.25, 0.3) is 0 Å². The number of aromatic nitrogens is 2. The summed E-state index contributed by atoms with van der Waals surface area (Å²) in [5.41, 5.74) is 1.17. The Morgan fingerprint density at radius 2 is 2.10 bits per heavy atom. The minimum atomic E-state index is -0.0774. The number of ether oxygens (including phenoxy) is 1. The quantitative estimate of drug-likeness (QED) is 0.749. The van der Waals surface area contributed by atoms with E-state index in [-0.39, 0.29) is 30.3 Å². The Bertz CT molecular complexity index is 441. The molecule has 0 fully saturated rings. The van der Waals surface area contributed by atoms with E-state index in [0.29, 0.717) is 13.2 Å². The summed E-state index contributed by atoms with van der Waals surface area (Å²) >= 11 is 0. The van der Waals surface area contributed by atoms with E-state index in [4.69, 9.17) is 4.74 Å². The molecule has 7 heteroatoms. The second-order valence-corrected chi connectivity index (χ2v) is 6.10. The minimum absolute atomic E-state index is 0. The number of amides is 1. The van der Waals surface area contributed by atoms with Crippen LogP contribution in [0, 0.1) is 5.41 Å². The van der Waals surface area contributed by atoms with Crippen molar-refractivity contribution in [3.8, 4) is 0 Å². The van der Waals surface area contributed by atoms with Crippen LogP contribution in [0.15, 0.2) is 6.07 Å². The van der Waals surface area contributed by atoms with Crippen molar-refractivity contribution in [3.05, 3.63) is 11.8 Å². The number of halogens is 1. The zero-order chi connectivity index (χ0) is 15.2. The molecule has 0 aromatic carbocycles. The molecule has 0 aliphatic heterocycles. The van der Waals surface area contributed by atoms with E-state index in [2.05, 4.69) is 36.5 Å². The average molecular weight is 319 g/mol. The summed E-state index contributed by atoms with van der Waals surface area (Å²) in [5.74, 6) is 0.647. The molecule has 122 valence electrons. The molecule has 0 unspecified atom stereocenters. The highest BCUT2D eigenvalue weighted by Gasteiger charge is 2.15. The molecule has 6 nitrogen and oxygen atoms in total. The van der Waals surface area contributed by atoms with Gasteiger partial charge in [0.2, 0.25) is 5.91 Å². The zero-order valence-corrected chi connectivity index (χ0v) is 14.3. The van der Waals surface area contributed by atoms with Crippen LogP contribution in [0.5, 0.6) is 0 Å². The maximum Gasteiger partial charge on any atom is 0.239 e. The number of carbonyl (C=O) groups is 1. The number of aryl methyl sites for hydroxylation is 1. The van der Waals surface area contributed by atoms with Gasteiger partial charge in [0.15, 0.2) is 0 Å². The van der Waals surface area contributed by atoms with Crippen molar-refractivity contribution < 1.29 is 9.53 Å². The molecule has 1 heterocycles. The minimum Gasteiger partial charge on any atom is -0.383 e. The van der Waals surface area contributed by atoms with Crippen LogP contribution in [0.4, 0.5) is 5.82 Å². The summed E-state index contributed by atoms with van der Waals surface area (Å²) in [6.07, 6.45) is 0.878. The Balaban J connectivity index is 0.00000400. The summed E-state index contributed by atoms with van der Waals surface area (Å²) in [7, 11) is 3.47. The van der Waals surface area contributed by atoms with Crippen LogP contribution in [0.1, 0.15) is 26.5 Å². The van der Waals surface area contributed by atoms with Crippen molar-refractivity contribution in [1.29, 1.82) is 0 Å². The SMILES string of the molecule is COCCNCC(=O)Nc1cc(CC(C)(C)C)nn1C.Cl. The second-order valence-electron chi connectivity index (χ2n) is 6.10. The number of hydrogen-bond donors (Lipinski definition) is 2. The van der Waals surface area contributed by atoms with Gasteiger partial charge in [0.1, 0.15) is 5.82 Å². The molecule has 1 aromatic rings. The van der Waals surface area contributed by atoms with Crippen molar-refractivity contribution in [2.75, 3.05) is 32.1 Å². The maximum atomic E-state index is 11.8. The largest absolute Gasteiger partial charge is 0.383 e. The van der Waals surface area contributed by atoms with Crippen molar-refractivity contribution >= 4 is 24.1 Å². The zero-order valence-electron chi connectivity index (χ0n) is 13.5. The van der Waals surface area contributed by atoms with E-state index in [1.807, 2.05) is 13.1 Å². The summed E-state index contributed by atoms with van der Waals surface area (Å²) in [6.45, 7) is 8.02. The second kappa shape index (κ2) is 9.02. The number of carbonyl (C=O) groups excluding carboxylic acids is 1. The fraction of sp³-hybridized carbons (Fsp3) is 0.714. The van der Waals surface area contributed by atoms with E-state index in [9.17, 15) is 4.79 Å². The van der Waals surface area contributed by atoms with Gasteiger partial charge in [-0.1, -0.05) is 20.8 Å². The lowest BCUT2D eigenvalue weighted by Gasteiger charge is -2.15. The predicted molar refractivity (Wildman–Crippen MR) is 87.0 cm³/mol. The van der Waals surface area contributed by atoms with Gasteiger partial charge < -0.3 is 15.4 Å². The lowest BCUT2D eigenvalue weighted by molar-refractivity contribution is -0.115. The number of anilines is 1. The molecule has 0 aliphatic rings. The first-order chi connectivity index (χ1) is 9.31. The molecule has 1 rings (SSSR count). The van der Waals surface area contributed by atoms with Crippen molar-refractivity contribution in [3.63, 3.8) is 0 Å². The van der Waals surface area contributed by atoms with Gasteiger partial charge in [0.05, 0.1) is 18.8 Å². The van der Waals surface area contributed by atoms with Gasteiger partial charge in [-0.2, -0.15) is 5.10 Å². The third-order valence-corrected chi connectivity index (χ3v) is 2.68. The van der Waals surface area contributed by atoms with Crippen molar-refractivity contribution in [1.82, 2.24) is 15.1 Å². The van der Waals surface area contributed by atoms with Crippen LogP contribution in [0.3, 0.4) is 0 Å². The number of nitrogens with zero attached hydrogens (tertiary/aromatic N) is 2. The summed E-state index contributed by atoms with van der Waals surface area (Å²) in [4.78, 5) is 11.8. The molecule has 1 amide bonds. The van der Waals surface area contributed by atoms with Crippen molar-refractivity contribution in [2.24, 2.45) is 12.5 Å². The van der Waals surface area contributed by atoms with Gasteiger partial charge in [0, 0.05) is 26.8 Å². The summed E-state index contributed by atoms with van der Waals surface area (Å²) in [5, 5.41) is 10.3. The van der Waals surface area contributed by atoms with Crippen molar-refractivity contribution in [2.45, 2.75) is 27.2 Å². The predicted octanol–water partition coefficient (Wildman–Crippen LogP) is 1.60. The number of hydrogen-bond acceptors (Lipinski definition) is 4. The summed E-state index contributed by atoms with van der Waals surface area (Å²) in [6, 6.07) is 1.93. The average Bonchev–Trinajstić information content (AvgIpc) is 2.62. The summed E-state index contributed by atoms with van der Waals surface area (Å²) < 4.78 is 6.60. The Labute approximate surface area is 133 Å². The normalized spacial score (nSPS) is 11.1. The molecule has 0 spiro atoms. The molecule has 0 bridgehead atoms. The molecular formula is C14H27ClN4O2. The molecule has 0 radical (unpaired) electrons. The molecule has 0 saturated heterocycles. The van der Waals surface area contributed by atoms with Crippen LogP contribution < -0.4 is 10.6 Å². The van der Waals surface area contributed by atoms with E-state index < -0.39 is 0 Å². The topological polar surface area (TPSA) is 68.2 Å². The van der Waals surface area contributed by atoms with E-state index in [0.717, 1.165) is 17.9 Å². The lowest BCUT2D eigenvalue weighted by Crippen LogP contribution is -2.30. The lowest BCUT2D eigenvalue weighted by atomic mass is 9.91. The number of methoxy groups -OCH3 is 1. The molecule has 0 atom stereocenters. The Morgan fingerprint density at radius 1 is 1.43 bits per heavy atom. The molecule has 2 N–H and O–H groups in total. The third kappa shape index (κ3) is 8.04. The van der Waals surface area contributed by atoms with Gasteiger partial charge in [-0.3, -0.25) is 9.48 Å². The standard InChI is InChI=1S/C14H26N4O2.ClH/c1-14(2,3)9-11-8-12(18(4)17-11)16-13(19)10-15-6-7-20-5;/h8,15H,6-7,9-10H2,1-5H3,(H,16,19);1H. The highest BCUT2D eigenvalue weighted by Crippen LogP contribution is 2.21. The van der Waals surface area contributed by atoms with Crippen LogP contribution in [-0.4, -0.2) is 42.5 Å². The fourth-order valence-electron chi connectivity index (χ4n) is 1.84. The van der Waals surface area contributed by atoms with Crippen LogP contribution in [0.25, 0.3) is 0 Å². The highest BCUT2D eigenvalue weighted by atomic mass is 35.5. The number of rotatable bonds is 7. The Morgan fingerprint density at radius 3 is 2.67 bits per heavy atom. The monoisotopic (exact) mass is 318 g/mol. The first-order valence-corrected chi connectivity index (χ1v) is 6.84. The molecular weight excluding hydrogens is 292 g/mol. The van der Waals surface area contributed by atoms with Gasteiger partial charge in [-0.05, 0) is 11.8 Å². The fourth-order valence-corrected chi connectivity index (χ4v) is 1.84. The highest BCUT2D eigenvalue weighted by molar-refractivity contribution is 5.91. The maximum absolute atomic E-state index is 11.8. The van der Waals surface area contributed by atoms with E-state index >= 15 is 0 Å². The third-order valence-electron chi connectivity index (χ3n) is 2.68. The van der Waals surface area contributed by atoms with Gasteiger partial charge >= 0.3 is 0 Å². The van der Waals surface area contributed by atoms with Crippen LogP contribution in [0.2, 0.25) is 0 Å². The molecule has 0 saturated carbocycles. The van der Waals surface area contributed by atoms with Crippen LogP contribution >= 0.6 is 12.4 Å². The Hall–Kier alpha value is -1.11. The van der Waals surface area contributed by atoms with Crippen LogP contribution in [-0.2, 0) is 23.0 Å². The first-order valence-electron chi connectivity index (χ1n) is 6.84. The molecule has 1 aromatic heterocycles. The van der Waals surface area contributed by atoms with Gasteiger partial charge in [-0.15, -0.1) is 12.4 Å². The van der Waals surface area contributed by atoms with E-state index in [1.54, 1.807) is 11.8 Å². The first kappa shape index (κ1) is 19.9. The molecule has 0 aliphatic carbocycles. The molecule has 21 heavy (non-hydrogen) atoms.